The third-order valence-corrected chi connectivity index (χ3v) is 3.75. The highest BCUT2D eigenvalue weighted by Gasteiger charge is 2.05. The summed E-state index contributed by atoms with van der Waals surface area (Å²) in [6, 6.07) is 15.7. The fourth-order valence-corrected chi connectivity index (χ4v) is 2.46. The number of hydrogen-bond donors (Lipinski definition) is 2. The van der Waals surface area contributed by atoms with Crippen molar-refractivity contribution in [3.8, 4) is 11.5 Å². The van der Waals surface area contributed by atoms with Crippen molar-refractivity contribution in [2.24, 2.45) is 0 Å². The zero-order valence-electron chi connectivity index (χ0n) is 14.8. The summed E-state index contributed by atoms with van der Waals surface area (Å²) in [5.74, 6) is 2.56. The van der Waals surface area contributed by atoms with E-state index in [1.807, 2.05) is 48.5 Å². The van der Waals surface area contributed by atoms with Gasteiger partial charge in [-0.05, 0) is 36.2 Å². The molecule has 1 aromatic heterocycles. The highest BCUT2D eigenvalue weighted by Crippen LogP contribution is 2.27. The summed E-state index contributed by atoms with van der Waals surface area (Å²) in [6.07, 6.45) is 2.38. The van der Waals surface area contributed by atoms with Crippen molar-refractivity contribution in [1.82, 2.24) is 15.2 Å². The zero-order valence-corrected chi connectivity index (χ0v) is 14.8. The molecule has 0 aliphatic rings. The van der Waals surface area contributed by atoms with Gasteiger partial charge in [-0.15, -0.1) is 5.10 Å². The number of methoxy groups -OCH3 is 2. The summed E-state index contributed by atoms with van der Waals surface area (Å²) in [6.45, 7) is 0.673. The lowest BCUT2D eigenvalue weighted by molar-refractivity contribution is 0.354. The van der Waals surface area contributed by atoms with Crippen LogP contribution in [-0.2, 0) is 6.42 Å². The summed E-state index contributed by atoms with van der Waals surface area (Å²) in [4.78, 5) is 4.42. The van der Waals surface area contributed by atoms with Crippen LogP contribution in [0.15, 0.2) is 54.7 Å². The van der Waals surface area contributed by atoms with Crippen LogP contribution in [0.5, 0.6) is 11.5 Å². The summed E-state index contributed by atoms with van der Waals surface area (Å²) >= 11 is 0. The molecule has 0 unspecified atom stereocenters. The van der Waals surface area contributed by atoms with Gasteiger partial charge in [-0.25, -0.2) is 0 Å². The van der Waals surface area contributed by atoms with E-state index in [9.17, 15) is 0 Å². The van der Waals surface area contributed by atoms with Crippen LogP contribution in [0.4, 0.5) is 17.5 Å². The van der Waals surface area contributed by atoms with E-state index in [2.05, 4.69) is 25.8 Å². The number of hydrogen-bond acceptors (Lipinski definition) is 7. The third kappa shape index (κ3) is 4.60. The SMILES string of the molecule is COc1ccc(CCNc2nncc(Nc3ccccc3)n2)cc1OC. The average molecular weight is 351 g/mol. The number of ether oxygens (including phenoxy) is 2. The van der Waals surface area contributed by atoms with Crippen molar-refractivity contribution in [1.29, 1.82) is 0 Å². The highest BCUT2D eigenvalue weighted by molar-refractivity contribution is 5.55. The van der Waals surface area contributed by atoms with Gasteiger partial charge in [-0.3, -0.25) is 0 Å². The van der Waals surface area contributed by atoms with Crippen molar-refractivity contribution < 1.29 is 9.47 Å². The van der Waals surface area contributed by atoms with Gasteiger partial charge in [-0.2, -0.15) is 10.1 Å². The lowest BCUT2D eigenvalue weighted by atomic mass is 10.1. The Balaban J connectivity index is 1.57. The second kappa shape index (κ2) is 8.66. The van der Waals surface area contributed by atoms with E-state index >= 15 is 0 Å². The highest BCUT2D eigenvalue weighted by atomic mass is 16.5. The molecule has 0 aliphatic carbocycles. The van der Waals surface area contributed by atoms with Crippen molar-refractivity contribution in [2.75, 3.05) is 31.4 Å². The predicted octanol–water partition coefficient (Wildman–Crippen LogP) is 3.29. The lowest BCUT2D eigenvalue weighted by Crippen LogP contribution is -2.09. The topological polar surface area (TPSA) is 81.2 Å². The van der Waals surface area contributed by atoms with E-state index in [1.165, 1.54) is 0 Å². The van der Waals surface area contributed by atoms with Gasteiger partial charge >= 0.3 is 0 Å². The Morgan fingerprint density at radius 2 is 1.77 bits per heavy atom. The molecule has 0 fully saturated rings. The first-order valence-electron chi connectivity index (χ1n) is 8.25. The molecular formula is C19H21N5O2. The number of para-hydroxylation sites is 1. The molecule has 1 heterocycles. The van der Waals surface area contributed by atoms with E-state index in [4.69, 9.17) is 9.47 Å². The van der Waals surface area contributed by atoms with Gasteiger partial charge in [0.05, 0.1) is 20.4 Å². The van der Waals surface area contributed by atoms with Crippen LogP contribution in [-0.4, -0.2) is 35.9 Å². The minimum atomic E-state index is 0.478. The van der Waals surface area contributed by atoms with Gasteiger partial charge in [-0.1, -0.05) is 24.3 Å². The largest absolute Gasteiger partial charge is 0.493 e. The molecule has 0 amide bonds. The van der Waals surface area contributed by atoms with Crippen molar-refractivity contribution in [2.45, 2.75) is 6.42 Å². The maximum absolute atomic E-state index is 5.33. The fraction of sp³-hybridized carbons (Fsp3) is 0.211. The summed E-state index contributed by atoms with van der Waals surface area (Å²) in [5, 5.41) is 14.4. The molecule has 0 radical (unpaired) electrons. The predicted molar refractivity (Wildman–Crippen MR) is 101 cm³/mol. The van der Waals surface area contributed by atoms with Crippen molar-refractivity contribution >= 4 is 17.5 Å². The van der Waals surface area contributed by atoms with Crippen LogP contribution in [0.3, 0.4) is 0 Å². The number of benzene rings is 2. The second-order valence-electron chi connectivity index (χ2n) is 5.52. The Morgan fingerprint density at radius 3 is 2.54 bits per heavy atom. The van der Waals surface area contributed by atoms with Crippen LogP contribution in [0.25, 0.3) is 0 Å². The Morgan fingerprint density at radius 1 is 0.962 bits per heavy atom. The van der Waals surface area contributed by atoms with E-state index in [1.54, 1.807) is 20.4 Å². The summed E-state index contributed by atoms with van der Waals surface area (Å²) < 4.78 is 10.6. The maximum Gasteiger partial charge on any atom is 0.244 e. The minimum absolute atomic E-state index is 0.478. The standard InChI is InChI=1S/C19H21N5O2/c1-25-16-9-8-14(12-17(16)26-2)10-11-20-19-23-18(13-21-24-19)22-15-6-4-3-5-7-15/h3-9,12-13H,10-11H2,1-2H3,(H2,20,22,23,24). The molecule has 0 atom stereocenters. The molecule has 0 aliphatic heterocycles. The van der Waals surface area contributed by atoms with Crippen LogP contribution in [0, 0.1) is 0 Å². The molecule has 0 spiro atoms. The molecule has 0 saturated carbocycles. The number of aromatic nitrogens is 3. The van der Waals surface area contributed by atoms with Crippen LogP contribution in [0.1, 0.15) is 5.56 Å². The normalized spacial score (nSPS) is 10.2. The quantitative estimate of drug-likeness (QED) is 0.644. The van der Waals surface area contributed by atoms with Crippen LogP contribution < -0.4 is 20.1 Å². The van der Waals surface area contributed by atoms with E-state index in [-0.39, 0.29) is 0 Å². The Labute approximate surface area is 152 Å². The molecule has 0 saturated heterocycles. The molecule has 3 aromatic rings. The van der Waals surface area contributed by atoms with Gasteiger partial charge in [0.15, 0.2) is 17.3 Å². The molecule has 7 nitrogen and oxygen atoms in total. The molecule has 2 N–H and O–H groups in total. The van der Waals surface area contributed by atoms with E-state index in [0.29, 0.717) is 18.3 Å². The molecule has 3 rings (SSSR count). The third-order valence-electron chi connectivity index (χ3n) is 3.75. The molecule has 134 valence electrons. The first-order valence-corrected chi connectivity index (χ1v) is 8.25. The minimum Gasteiger partial charge on any atom is -0.493 e. The zero-order chi connectivity index (χ0) is 18.2. The van der Waals surface area contributed by atoms with Crippen LogP contribution >= 0.6 is 0 Å². The Hall–Kier alpha value is -3.35. The Bertz CT molecular complexity index is 842. The van der Waals surface area contributed by atoms with Gasteiger partial charge in [0.1, 0.15) is 0 Å². The molecular weight excluding hydrogens is 330 g/mol. The van der Waals surface area contributed by atoms with E-state index in [0.717, 1.165) is 29.2 Å². The number of rotatable bonds is 8. The smallest absolute Gasteiger partial charge is 0.244 e. The van der Waals surface area contributed by atoms with Gasteiger partial charge in [0.25, 0.3) is 0 Å². The fourth-order valence-electron chi connectivity index (χ4n) is 2.46. The van der Waals surface area contributed by atoms with Crippen LogP contribution in [0.2, 0.25) is 0 Å². The maximum atomic E-state index is 5.33. The van der Waals surface area contributed by atoms with E-state index < -0.39 is 0 Å². The molecule has 26 heavy (non-hydrogen) atoms. The monoisotopic (exact) mass is 351 g/mol. The number of nitrogens with zero attached hydrogens (tertiary/aromatic N) is 3. The van der Waals surface area contributed by atoms with Gasteiger partial charge < -0.3 is 20.1 Å². The first kappa shape index (κ1) is 17.5. The second-order valence-corrected chi connectivity index (χ2v) is 5.52. The van der Waals surface area contributed by atoms with Crippen molar-refractivity contribution in [3.05, 3.63) is 60.3 Å². The first-order chi connectivity index (χ1) is 12.8. The number of nitrogens with one attached hydrogen (secondary N) is 2. The number of anilines is 3. The molecule has 0 bridgehead atoms. The average Bonchev–Trinajstić information content (AvgIpc) is 2.69. The van der Waals surface area contributed by atoms with Crippen molar-refractivity contribution in [3.63, 3.8) is 0 Å². The molecule has 7 heteroatoms. The summed E-state index contributed by atoms with van der Waals surface area (Å²) in [7, 11) is 3.25. The molecule has 2 aromatic carbocycles. The van der Waals surface area contributed by atoms with Gasteiger partial charge in [0, 0.05) is 12.2 Å². The summed E-state index contributed by atoms with van der Waals surface area (Å²) in [5.41, 5.74) is 2.07. The Kier molecular flexibility index (Phi) is 5.82. The van der Waals surface area contributed by atoms with Gasteiger partial charge in [0.2, 0.25) is 5.95 Å². The lowest BCUT2D eigenvalue weighted by Gasteiger charge is -2.10.